The van der Waals surface area contributed by atoms with E-state index in [2.05, 4.69) is 4.99 Å². The summed E-state index contributed by atoms with van der Waals surface area (Å²) in [6.07, 6.45) is 5.16. The SMILES string of the molecule is COc1ccc(-c2nc3sccn3c2C=C2C(=N)N3OC(C)=CC3=NC2=O)cc1. The Bertz CT molecular complexity index is 1260. The Kier molecular flexibility index (Phi) is 3.85. The van der Waals surface area contributed by atoms with E-state index in [1.807, 2.05) is 40.2 Å². The minimum absolute atomic E-state index is 0.0565. The number of rotatable bonds is 3. The van der Waals surface area contributed by atoms with Gasteiger partial charge in [0.2, 0.25) is 0 Å². The number of hydrogen-bond donors (Lipinski definition) is 1. The van der Waals surface area contributed by atoms with Gasteiger partial charge >= 0.3 is 0 Å². The van der Waals surface area contributed by atoms with Crippen LogP contribution in [0.5, 0.6) is 5.75 Å². The lowest BCUT2D eigenvalue weighted by Gasteiger charge is -2.22. The van der Waals surface area contributed by atoms with E-state index in [1.54, 1.807) is 26.2 Å². The van der Waals surface area contributed by atoms with Gasteiger partial charge in [0.25, 0.3) is 5.91 Å². The van der Waals surface area contributed by atoms with Crippen molar-refractivity contribution in [3.63, 3.8) is 0 Å². The number of thiazole rings is 1. The second-order valence-electron chi connectivity index (χ2n) is 6.45. The molecule has 0 spiro atoms. The number of nitrogens with zero attached hydrogens (tertiary/aromatic N) is 4. The van der Waals surface area contributed by atoms with Crippen LogP contribution in [-0.2, 0) is 9.63 Å². The fourth-order valence-electron chi connectivity index (χ4n) is 3.24. The van der Waals surface area contributed by atoms with E-state index in [9.17, 15) is 4.79 Å². The molecule has 2 aliphatic rings. The van der Waals surface area contributed by atoms with Crippen molar-refractivity contribution >= 4 is 40.0 Å². The molecule has 0 unspecified atom stereocenters. The topological polar surface area (TPSA) is 92.3 Å². The summed E-state index contributed by atoms with van der Waals surface area (Å²) in [6.45, 7) is 1.75. The lowest BCUT2D eigenvalue weighted by molar-refractivity contribution is -0.114. The number of ether oxygens (including phenoxy) is 1. The van der Waals surface area contributed by atoms with Crippen LogP contribution >= 0.6 is 11.3 Å². The summed E-state index contributed by atoms with van der Waals surface area (Å²) in [5.41, 5.74) is 2.42. The molecule has 2 aliphatic heterocycles. The summed E-state index contributed by atoms with van der Waals surface area (Å²) in [5, 5.41) is 11.6. The standard InChI is InChI=1S/C20H15N5O3S/c1-11-9-16-22-19(26)14(18(21)25(16)28-11)10-15-17(23-20-24(15)7-8-29-20)12-3-5-13(27-2)6-4-12/h3-10,21H,1-2H3. The van der Waals surface area contributed by atoms with Gasteiger partial charge in [-0.3, -0.25) is 14.6 Å². The van der Waals surface area contributed by atoms with Crippen molar-refractivity contribution in [2.75, 3.05) is 7.11 Å². The van der Waals surface area contributed by atoms with Crippen molar-refractivity contribution in [1.29, 1.82) is 5.41 Å². The molecule has 1 N–H and O–H groups in total. The molecule has 1 aromatic carbocycles. The second-order valence-corrected chi connectivity index (χ2v) is 7.33. The summed E-state index contributed by atoms with van der Waals surface area (Å²) in [6, 6.07) is 7.54. The zero-order chi connectivity index (χ0) is 20.1. The van der Waals surface area contributed by atoms with Gasteiger partial charge < -0.3 is 9.57 Å². The number of aliphatic imine (C=N–C) groups is 1. The quantitative estimate of drug-likeness (QED) is 0.673. The molecule has 3 aromatic rings. The van der Waals surface area contributed by atoms with Gasteiger partial charge in [0.15, 0.2) is 16.6 Å². The van der Waals surface area contributed by atoms with Crippen LogP contribution in [0.2, 0.25) is 0 Å². The molecule has 29 heavy (non-hydrogen) atoms. The lowest BCUT2D eigenvalue weighted by Crippen LogP contribution is -2.38. The highest BCUT2D eigenvalue weighted by molar-refractivity contribution is 7.15. The lowest BCUT2D eigenvalue weighted by atomic mass is 10.1. The number of hydroxylamine groups is 2. The number of imidazole rings is 1. The van der Waals surface area contributed by atoms with E-state index in [-0.39, 0.29) is 11.4 Å². The first-order valence-corrected chi connectivity index (χ1v) is 9.63. The van der Waals surface area contributed by atoms with Gasteiger partial charge in [-0.2, -0.15) is 4.99 Å². The van der Waals surface area contributed by atoms with Gasteiger partial charge in [-0.15, -0.1) is 16.4 Å². The predicted molar refractivity (Wildman–Crippen MR) is 110 cm³/mol. The molecule has 0 aliphatic carbocycles. The summed E-state index contributed by atoms with van der Waals surface area (Å²) < 4.78 is 7.12. The fraction of sp³-hybridized carbons (Fsp3) is 0.100. The Morgan fingerprint density at radius 3 is 2.83 bits per heavy atom. The number of fused-ring (bicyclic) bond motifs is 2. The monoisotopic (exact) mass is 405 g/mol. The molecule has 0 saturated carbocycles. The number of carbonyl (C=O) groups excluding carboxylic acids is 1. The van der Waals surface area contributed by atoms with Crippen LogP contribution in [0.1, 0.15) is 12.6 Å². The Morgan fingerprint density at radius 1 is 1.28 bits per heavy atom. The molecular formula is C20H15N5O3S. The van der Waals surface area contributed by atoms with Gasteiger partial charge in [0, 0.05) is 23.2 Å². The van der Waals surface area contributed by atoms with Gasteiger partial charge in [0.1, 0.15) is 11.5 Å². The highest BCUT2D eigenvalue weighted by Gasteiger charge is 2.34. The number of nitrogens with one attached hydrogen (secondary N) is 1. The zero-order valence-corrected chi connectivity index (χ0v) is 16.4. The molecule has 0 bridgehead atoms. The highest BCUT2D eigenvalue weighted by atomic mass is 32.1. The minimum atomic E-state index is -0.485. The predicted octanol–water partition coefficient (Wildman–Crippen LogP) is 3.52. The number of hydrogen-bond acceptors (Lipinski definition) is 6. The third-order valence-corrected chi connectivity index (χ3v) is 5.38. The van der Waals surface area contributed by atoms with Crippen LogP contribution < -0.4 is 4.74 Å². The van der Waals surface area contributed by atoms with Crippen molar-refractivity contribution in [2.24, 2.45) is 4.99 Å². The van der Waals surface area contributed by atoms with Crippen molar-refractivity contribution in [3.8, 4) is 17.0 Å². The van der Waals surface area contributed by atoms with Gasteiger partial charge in [0.05, 0.1) is 24.1 Å². The average Bonchev–Trinajstić information content (AvgIpc) is 3.40. The first kappa shape index (κ1) is 17.4. The zero-order valence-electron chi connectivity index (χ0n) is 15.5. The van der Waals surface area contributed by atoms with Crippen molar-refractivity contribution in [1.82, 2.24) is 14.4 Å². The van der Waals surface area contributed by atoms with E-state index in [4.69, 9.17) is 20.0 Å². The molecule has 5 rings (SSSR count). The van der Waals surface area contributed by atoms with Crippen LogP contribution in [0, 0.1) is 5.41 Å². The van der Waals surface area contributed by atoms with Crippen molar-refractivity contribution in [2.45, 2.75) is 6.92 Å². The smallest absolute Gasteiger partial charge is 0.283 e. The van der Waals surface area contributed by atoms with E-state index in [1.165, 1.54) is 16.4 Å². The molecular weight excluding hydrogens is 390 g/mol. The number of aromatic nitrogens is 2. The van der Waals surface area contributed by atoms with E-state index in [0.29, 0.717) is 23.0 Å². The minimum Gasteiger partial charge on any atom is -0.497 e. The molecule has 0 saturated heterocycles. The average molecular weight is 405 g/mol. The van der Waals surface area contributed by atoms with Crippen LogP contribution in [-0.4, -0.2) is 39.1 Å². The molecule has 9 heteroatoms. The summed E-state index contributed by atoms with van der Waals surface area (Å²) in [5.74, 6) is 1.10. The number of amides is 1. The number of benzene rings is 1. The maximum absolute atomic E-state index is 12.6. The van der Waals surface area contributed by atoms with Gasteiger partial charge in [-0.05, 0) is 37.3 Å². The normalized spacial score (nSPS) is 17.4. The number of carbonyl (C=O) groups is 1. The number of allylic oxidation sites excluding steroid dienone is 1. The van der Waals surface area contributed by atoms with E-state index < -0.39 is 5.91 Å². The summed E-state index contributed by atoms with van der Waals surface area (Å²) in [7, 11) is 1.61. The first-order chi connectivity index (χ1) is 14.0. The number of methoxy groups -OCH3 is 1. The van der Waals surface area contributed by atoms with Gasteiger partial charge in [-0.25, -0.2) is 4.98 Å². The maximum Gasteiger partial charge on any atom is 0.283 e. The molecule has 144 valence electrons. The largest absolute Gasteiger partial charge is 0.497 e. The first-order valence-electron chi connectivity index (χ1n) is 8.75. The van der Waals surface area contributed by atoms with Crippen LogP contribution in [0.3, 0.4) is 0 Å². The summed E-state index contributed by atoms with van der Waals surface area (Å²) in [4.78, 5) is 27.7. The molecule has 0 fully saturated rings. The van der Waals surface area contributed by atoms with Crippen molar-refractivity contribution in [3.05, 3.63) is 58.9 Å². The maximum atomic E-state index is 12.6. The van der Waals surface area contributed by atoms with Crippen molar-refractivity contribution < 1.29 is 14.4 Å². The third-order valence-electron chi connectivity index (χ3n) is 4.62. The van der Waals surface area contributed by atoms with Crippen LogP contribution in [0.15, 0.2) is 58.2 Å². The third kappa shape index (κ3) is 2.74. The Hall–Kier alpha value is -3.72. The molecule has 4 heterocycles. The van der Waals surface area contributed by atoms with Crippen LogP contribution in [0.4, 0.5) is 0 Å². The molecule has 1 amide bonds. The highest BCUT2D eigenvalue weighted by Crippen LogP contribution is 2.31. The fourth-order valence-corrected chi connectivity index (χ4v) is 3.96. The molecule has 2 aromatic heterocycles. The van der Waals surface area contributed by atoms with Gasteiger partial charge in [-0.1, -0.05) is 0 Å². The molecule has 8 nitrogen and oxygen atoms in total. The Morgan fingerprint density at radius 2 is 2.07 bits per heavy atom. The second kappa shape index (κ2) is 6.42. The van der Waals surface area contributed by atoms with Crippen LogP contribution in [0.25, 0.3) is 22.3 Å². The molecule has 0 atom stereocenters. The van der Waals surface area contributed by atoms with E-state index >= 15 is 0 Å². The number of amidine groups is 2. The Labute approximate surface area is 169 Å². The Balaban J connectivity index is 1.64. The van der Waals surface area contributed by atoms with E-state index in [0.717, 1.165) is 16.3 Å². The molecule has 0 radical (unpaired) electrons. The summed E-state index contributed by atoms with van der Waals surface area (Å²) >= 11 is 1.49.